The van der Waals surface area contributed by atoms with Gasteiger partial charge in [-0.15, -0.1) is 0 Å². The largest absolute Gasteiger partial charge is 0.396 e. The Labute approximate surface area is 97.1 Å². The number of nitrogens with zero attached hydrogens (tertiary/aromatic N) is 2. The third-order valence-electron chi connectivity index (χ3n) is 2.96. The number of unbranched alkanes of at least 4 members (excludes halogenated alkanes) is 1. The number of hydrogen-bond acceptors (Lipinski definition) is 3. The van der Waals surface area contributed by atoms with Crippen LogP contribution in [-0.2, 0) is 0 Å². The van der Waals surface area contributed by atoms with Crippen molar-refractivity contribution in [2.75, 3.05) is 18.1 Å². The monoisotopic (exact) mass is 220 g/mol. The van der Waals surface area contributed by atoms with Gasteiger partial charge >= 0.3 is 0 Å². The van der Waals surface area contributed by atoms with Crippen molar-refractivity contribution < 1.29 is 5.11 Å². The van der Waals surface area contributed by atoms with E-state index in [2.05, 4.69) is 22.0 Å². The number of pyridine rings is 1. The van der Waals surface area contributed by atoms with Gasteiger partial charge in [0.25, 0.3) is 0 Å². The molecule has 1 heterocycles. The first-order chi connectivity index (χ1) is 7.81. The molecule has 3 heteroatoms. The number of rotatable bonds is 6. The lowest BCUT2D eigenvalue weighted by atomic mass is 10.3. The van der Waals surface area contributed by atoms with Crippen molar-refractivity contribution in [1.29, 1.82) is 0 Å². The molecule has 0 aliphatic heterocycles. The standard InChI is InChI=1S/C13H20N2O/c1-11-5-4-6-13(14-11)15(12-7-8-12)9-2-3-10-16/h4-6,12,16H,2-3,7-10H2,1H3. The zero-order valence-corrected chi connectivity index (χ0v) is 9.89. The van der Waals surface area contributed by atoms with Crippen LogP contribution in [0.25, 0.3) is 0 Å². The molecule has 0 atom stereocenters. The highest BCUT2D eigenvalue weighted by Gasteiger charge is 2.29. The van der Waals surface area contributed by atoms with Gasteiger partial charge in [0, 0.05) is 24.9 Å². The van der Waals surface area contributed by atoms with Crippen LogP contribution < -0.4 is 4.90 Å². The molecule has 1 aliphatic carbocycles. The molecule has 0 radical (unpaired) electrons. The maximum absolute atomic E-state index is 8.81. The summed E-state index contributed by atoms with van der Waals surface area (Å²) < 4.78 is 0. The van der Waals surface area contributed by atoms with Crippen LogP contribution in [0.4, 0.5) is 5.82 Å². The van der Waals surface area contributed by atoms with Gasteiger partial charge in [-0.3, -0.25) is 0 Å². The fourth-order valence-electron chi connectivity index (χ4n) is 1.95. The second kappa shape index (κ2) is 5.30. The number of aliphatic hydroxyl groups is 1. The molecule has 0 bridgehead atoms. The molecule has 0 unspecified atom stereocenters. The lowest BCUT2D eigenvalue weighted by molar-refractivity contribution is 0.285. The van der Waals surface area contributed by atoms with Crippen molar-refractivity contribution >= 4 is 5.82 Å². The minimum absolute atomic E-state index is 0.291. The molecular formula is C13H20N2O. The Hall–Kier alpha value is -1.09. The van der Waals surface area contributed by atoms with Gasteiger partial charge in [-0.25, -0.2) is 4.98 Å². The van der Waals surface area contributed by atoms with Crippen molar-refractivity contribution in [2.45, 2.75) is 38.6 Å². The van der Waals surface area contributed by atoms with E-state index in [1.807, 2.05) is 13.0 Å². The Bertz CT molecular complexity index is 336. The molecule has 3 nitrogen and oxygen atoms in total. The average molecular weight is 220 g/mol. The first kappa shape index (κ1) is 11.4. The highest BCUT2D eigenvalue weighted by Crippen LogP contribution is 2.30. The predicted octanol–water partition coefficient (Wildman–Crippen LogP) is 2.13. The number of aliphatic hydroxyl groups excluding tert-OH is 1. The third-order valence-corrected chi connectivity index (χ3v) is 2.96. The van der Waals surface area contributed by atoms with Crippen molar-refractivity contribution in [2.24, 2.45) is 0 Å². The number of aromatic nitrogens is 1. The molecule has 16 heavy (non-hydrogen) atoms. The average Bonchev–Trinajstić information content (AvgIpc) is 3.08. The summed E-state index contributed by atoms with van der Waals surface area (Å²) >= 11 is 0. The van der Waals surface area contributed by atoms with E-state index in [-0.39, 0.29) is 0 Å². The normalized spacial score (nSPS) is 15.1. The maximum atomic E-state index is 8.81. The Balaban J connectivity index is 2.01. The van der Waals surface area contributed by atoms with E-state index in [9.17, 15) is 0 Å². The quantitative estimate of drug-likeness (QED) is 0.746. The van der Waals surface area contributed by atoms with Crippen LogP contribution >= 0.6 is 0 Å². The molecule has 1 N–H and O–H groups in total. The molecule has 0 saturated heterocycles. The second-order valence-electron chi connectivity index (χ2n) is 4.49. The number of anilines is 1. The van der Waals surface area contributed by atoms with E-state index in [0.29, 0.717) is 12.6 Å². The van der Waals surface area contributed by atoms with Crippen LogP contribution in [0.2, 0.25) is 0 Å². The molecule has 0 aromatic carbocycles. The fraction of sp³-hybridized carbons (Fsp3) is 0.615. The van der Waals surface area contributed by atoms with E-state index in [0.717, 1.165) is 30.9 Å². The fourth-order valence-corrected chi connectivity index (χ4v) is 1.95. The smallest absolute Gasteiger partial charge is 0.129 e. The summed E-state index contributed by atoms with van der Waals surface area (Å²) in [5.74, 6) is 1.10. The van der Waals surface area contributed by atoms with Crippen LogP contribution in [0.5, 0.6) is 0 Å². The first-order valence-corrected chi connectivity index (χ1v) is 6.12. The van der Waals surface area contributed by atoms with Gasteiger partial charge in [0.1, 0.15) is 5.82 Å². The maximum Gasteiger partial charge on any atom is 0.129 e. The molecule has 0 spiro atoms. The Kier molecular flexibility index (Phi) is 3.78. The third kappa shape index (κ3) is 2.95. The first-order valence-electron chi connectivity index (χ1n) is 6.12. The van der Waals surface area contributed by atoms with E-state index in [4.69, 9.17) is 5.11 Å². The summed E-state index contributed by atoms with van der Waals surface area (Å²) in [7, 11) is 0. The minimum atomic E-state index is 0.291. The van der Waals surface area contributed by atoms with Crippen LogP contribution in [0.1, 0.15) is 31.4 Å². The van der Waals surface area contributed by atoms with Crippen molar-refractivity contribution in [1.82, 2.24) is 4.98 Å². The predicted molar refractivity (Wildman–Crippen MR) is 65.7 cm³/mol. The molecule has 1 fully saturated rings. The summed E-state index contributed by atoms with van der Waals surface area (Å²) in [6, 6.07) is 6.87. The van der Waals surface area contributed by atoms with Crippen LogP contribution in [0.3, 0.4) is 0 Å². The zero-order valence-electron chi connectivity index (χ0n) is 9.89. The van der Waals surface area contributed by atoms with Crippen molar-refractivity contribution in [3.63, 3.8) is 0 Å². The summed E-state index contributed by atoms with van der Waals surface area (Å²) in [5, 5.41) is 8.81. The number of aryl methyl sites for hydroxylation is 1. The summed E-state index contributed by atoms with van der Waals surface area (Å²) in [6.45, 7) is 3.34. The van der Waals surface area contributed by atoms with E-state index in [1.54, 1.807) is 0 Å². The van der Waals surface area contributed by atoms with Crippen molar-refractivity contribution in [3.8, 4) is 0 Å². The molecule has 88 valence electrons. The number of hydrogen-bond donors (Lipinski definition) is 1. The molecular weight excluding hydrogens is 200 g/mol. The molecule has 1 aromatic heterocycles. The second-order valence-corrected chi connectivity index (χ2v) is 4.49. The highest BCUT2D eigenvalue weighted by molar-refractivity contribution is 5.42. The van der Waals surface area contributed by atoms with Crippen molar-refractivity contribution in [3.05, 3.63) is 23.9 Å². The SMILES string of the molecule is Cc1cccc(N(CCCCO)C2CC2)n1. The zero-order chi connectivity index (χ0) is 11.4. The van der Waals surface area contributed by atoms with E-state index < -0.39 is 0 Å². The molecule has 1 aliphatic rings. The lowest BCUT2D eigenvalue weighted by Crippen LogP contribution is -2.28. The van der Waals surface area contributed by atoms with Gasteiger partial charge in [0.05, 0.1) is 0 Å². The van der Waals surface area contributed by atoms with E-state index in [1.165, 1.54) is 12.8 Å². The van der Waals surface area contributed by atoms with Gasteiger partial charge in [0.2, 0.25) is 0 Å². The summed E-state index contributed by atoms with van der Waals surface area (Å²) in [5.41, 5.74) is 1.07. The van der Waals surface area contributed by atoms with Gasteiger partial charge in [0.15, 0.2) is 0 Å². The minimum Gasteiger partial charge on any atom is -0.396 e. The van der Waals surface area contributed by atoms with Crippen LogP contribution in [0, 0.1) is 6.92 Å². The summed E-state index contributed by atoms with van der Waals surface area (Å²) in [4.78, 5) is 6.97. The molecule has 1 saturated carbocycles. The van der Waals surface area contributed by atoms with Gasteiger partial charge in [-0.05, 0) is 44.7 Å². The van der Waals surface area contributed by atoms with E-state index >= 15 is 0 Å². The lowest BCUT2D eigenvalue weighted by Gasteiger charge is -2.23. The Morgan fingerprint density at radius 1 is 1.38 bits per heavy atom. The Morgan fingerprint density at radius 2 is 2.19 bits per heavy atom. The topological polar surface area (TPSA) is 36.4 Å². The molecule has 2 rings (SSSR count). The van der Waals surface area contributed by atoms with Crippen LogP contribution in [-0.4, -0.2) is 29.3 Å². The highest BCUT2D eigenvalue weighted by atomic mass is 16.2. The van der Waals surface area contributed by atoms with Gasteiger partial charge < -0.3 is 10.0 Å². The van der Waals surface area contributed by atoms with Gasteiger partial charge in [-0.2, -0.15) is 0 Å². The molecule has 0 amide bonds. The molecule has 1 aromatic rings. The Morgan fingerprint density at radius 3 is 2.81 bits per heavy atom. The van der Waals surface area contributed by atoms with Gasteiger partial charge in [-0.1, -0.05) is 6.07 Å². The van der Waals surface area contributed by atoms with Crippen LogP contribution in [0.15, 0.2) is 18.2 Å². The summed E-state index contributed by atoms with van der Waals surface area (Å²) in [6.07, 6.45) is 4.50.